The Morgan fingerprint density at radius 1 is 1.38 bits per heavy atom. The fourth-order valence-electron chi connectivity index (χ4n) is 1.76. The number of rotatable bonds is 4. The molecule has 0 radical (unpaired) electrons. The van der Waals surface area contributed by atoms with Crippen LogP contribution in [0.25, 0.3) is 0 Å². The van der Waals surface area contributed by atoms with Crippen LogP contribution < -0.4 is 5.32 Å². The van der Waals surface area contributed by atoms with Crippen molar-refractivity contribution in [1.82, 2.24) is 5.32 Å². The van der Waals surface area contributed by atoms with Crippen LogP contribution in [0.4, 0.5) is 0 Å². The van der Waals surface area contributed by atoms with Gasteiger partial charge in [-0.2, -0.15) is 0 Å². The molecule has 0 amide bonds. The molecule has 0 aliphatic rings. The summed E-state index contributed by atoms with van der Waals surface area (Å²) in [6.07, 6.45) is 1.70. The summed E-state index contributed by atoms with van der Waals surface area (Å²) >= 11 is 0. The Morgan fingerprint density at radius 3 is 2.75 bits per heavy atom. The first-order valence-corrected chi connectivity index (χ1v) is 5.49. The highest BCUT2D eigenvalue weighted by atomic mass is 16.3. The summed E-state index contributed by atoms with van der Waals surface area (Å²) in [5.74, 6) is 2.90. The van der Waals surface area contributed by atoms with Crippen LogP contribution in [0.5, 0.6) is 0 Å². The van der Waals surface area contributed by atoms with E-state index in [1.54, 1.807) is 6.26 Å². The van der Waals surface area contributed by atoms with Gasteiger partial charge >= 0.3 is 0 Å². The number of aryl methyl sites for hydroxylation is 2. The van der Waals surface area contributed by atoms with E-state index in [4.69, 9.17) is 8.83 Å². The van der Waals surface area contributed by atoms with Crippen LogP contribution in [-0.4, -0.2) is 0 Å². The van der Waals surface area contributed by atoms with Crippen molar-refractivity contribution in [2.45, 2.75) is 33.4 Å². The Morgan fingerprint density at radius 2 is 2.19 bits per heavy atom. The summed E-state index contributed by atoms with van der Waals surface area (Å²) in [7, 11) is 0. The lowest BCUT2D eigenvalue weighted by Crippen LogP contribution is -2.17. The van der Waals surface area contributed by atoms with E-state index in [9.17, 15) is 0 Å². The summed E-state index contributed by atoms with van der Waals surface area (Å²) in [6, 6.07) is 6.16. The third-order valence-corrected chi connectivity index (χ3v) is 2.71. The van der Waals surface area contributed by atoms with Crippen molar-refractivity contribution in [2.24, 2.45) is 0 Å². The predicted molar refractivity (Wildman–Crippen MR) is 62.1 cm³/mol. The van der Waals surface area contributed by atoms with Crippen LogP contribution >= 0.6 is 0 Å². The fraction of sp³-hybridized carbons (Fsp3) is 0.385. The molecule has 3 heteroatoms. The van der Waals surface area contributed by atoms with Gasteiger partial charge in [0, 0.05) is 12.1 Å². The Labute approximate surface area is 95.5 Å². The standard InChI is InChI=1S/C13H17NO2/c1-9-7-12(11(3)16-9)8-14-10(2)13-5-4-6-15-13/h4-7,10,14H,8H2,1-3H3. The molecule has 0 aliphatic carbocycles. The van der Waals surface area contributed by atoms with Crippen molar-refractivity contribution in [2.75, 3.05) is 0 Å². The van der Waals surface area contributed by atoms with Gasteiger partial charge in [-0.3, -0.25) is 0 Å². The van der Waals surface area contributed by atoms with E-state index in [1.807, 2.05) is 26.0 Å². The van der Waals surface area contributed by atoms with E-state index in [1.165, 1.54) is 5.56 Å². The number of hydrogen-bond donors (Lipinski definition) is 1. The maximum Gasteiger partial charge on any atom is 0.120 e. The van der Waals surface area contributed by atoms with Crippen molar-refractivity contribution in [3.05, 3.63) is 47.3 Å². The van der Waals surface area contributed by atoms with Crippen molar-refractivity contribution < 1.29 is 8.83 Å². The zero-order chi connectivity index (χ0) is 11.5. The zero-order valence-electron chi connectivity index (χ0n) is 9.91. The van der Waals surface area contributed by atoms with Gasteiger partial charge in [0.25, 0.3) is 0 Å². The zero-order valence-corrected chi connectivity index (χ0v) is 9.91. The summed E-state index contributed by atoms with van der Waals surface area (Å²) < 4.78 is 10.8. The lowest BCUT2D eigenvalue weighted by atomic mass is 10.2. The van der Waals surface area contributed by atoms with Crippen LogP contribution in [0, 0.1) is 13.8 Å². The van der Waals surface area contributed by atoms with E-state index < -0.39 is 0 Å². The maximum absolute atomic E-state index is 5.47. The van der Waals surface area contributed by atoms with Crippen molar-refractivity contribution in [3.63, 3.8) is 0 Å². The largest absolute Gasteiger partial charge is 0.468 e. The second-order valence-corrected chi connectivity index (χ2v) is 4.06. The van der Waals surface area contributed by atoms with Crippen LogP contribution in [0.1, 0.15) is 35.8 Å². The molecule has 3 nitrogen and oxygen atoms in total. The average molecular weight is 219 g/mol. The van der Waals surface area contributed by atoms with Crippen LogP contribution in [-0.2, 0) is 6.54 Å². The summed E-state index contributed by atoms with van der Waals surface area (Å²) in [5, 5.41) is 3.40. The van der Waals surface area contributed by atoms with Gasteiger partial charge in [0.2, 0.25) is 0 Å². The molecule has 0 saturated carbocycles. The SMILES string of the molecule is Cc1cc(CNC(C)c2ccco2)c(C)o1. The Bertz CT molecular complexity index is 442. The number of hydrogen-bond acceptors (Lipinski definition) is 3. The predicted octanol–water partition coefficient (Wildman–Crippen LogP) is 3.34. The summed E-state index contributed by atoms with van der Waals surface area (Å²) in [6.45, 7) is 6.83. The molecule has 0 saturated heterocycles. The van der Waals surface area contributed by atoms with Gasteiger partial charge in [-0.25, -0.2) is 0 Å². The van der Waals surface area contributed by atoms with Crippen LogP contribution in [0.2, 0.25) is 0 Å². The quantitative estimate of drug-likeness (QED) is 0.857. The molecule has 1 atom stereocenters. The topological polar surface area (TPSA) is 38.3 Å². The lowest BCUT2D eigenvalue weighted by Gasteiger charge is -2.10. The van der Waals surface area contributed by atoms with E-state index >= 15 is 0 Å². The van der Waals surface area contributed by atoms with Gasteiger partial charge in [-0.15, -0.1) is 0 Å². The smallest absolute Gasteiger partial charge is 0.120 e. The molecular formula is C13H17NO2. The molecule has 0 aliphatic heterocycles. The molecule has 0 aromatic carbocycles. The van der Waals surface area contributed by atoms with E-state index in [0.29, 0.717) is 0 Å². The lowest BCUT2D eigenvalue weighted by molar-refractivity contribution is 0.428. The summed E-state index contributed by atoms with van der Waals surface area (Å²) in [4.78, 5) is 0. The minimum Gasteiger partial charge on any atom is -0.468 e. The Hall–Kier alpha value is -1.48. The minimum atomic E-state index is 0.213. The van der Waals surface area contributed by atoms with Gasteiger partial charge in [0.1, 0.15) is 17.3 Å². The number of nitrogens with one attached hydrogen (secondary N) is 1. The highest BCUT2D eigenvalue weighted by molar-refractivity contribution is 5.20. The Kier molecular flexibility index (Phi) is 3.15. The maximum atomic E-state index is 5.47. The van der Waals surface area contributed by atoms with E-state index in [2.05, 4.69) is 18.3 Å². The second-order valence-electron chi connectivity index (χ2n) is 4.06. The molecule has 16 heavy (non-hydrogen) atoms. The monoisotopic (exact) mass is 219 g/mol. The molecular weight excluding hydrogens is 202 g/mol. The molecule has 0 bridgehead atoms. The first kappa shape index (κ1) is 11.0. The third-order valence-electron chi connectivity index (χ3n) is 2.71. The first-order valence-electron chi connectivity index (χ1n) is 5.49. The number of furan rings is 2. The van der Waals surface area contributed by atoms with Crippen molar-refractivity contribution in [1.29, 1.82) is 0 Å². The van der Waals surface area contributed by atoms with Gasteiger partial charge in [0.15, 0.2) is 0 Å². The van der Waals surface area contributed by atoms with Crippen molar-refractivity contribution >= 4 is 0 Å². The van der Waals surface area contributed by atoms with Gasteiger partial charge in [-0.1, -0.05) is 0 Å². The molecule has 0 spiro atoms. The molecule has 2 rings (SSSR count). The van der Waals surface area contributed by atoms with Gasteiger partial charge in [-0.05, 0) is 39.0 Å². The third kappa shape index (κ3) is 2.36. The summed E-state index contributed by atoms with van der Waals surface area (Å²) in [5.41, 5.74) is 1.20. The van der Waals surface area contributed by atoms with E-state index in [0.717, 1.165) is 23.8 Å². The van der Waals surface area contributed by atoms with Crippen molar-refractivity contribution in [3.8, 4) is 0 Å². The highest BCUT2D eigenvalue weighted by Gasteiger charge is 2.09. The molecule has 1 unspecified atom stereocenters. The minimum absolute atomic E-state index is 0.213. The van der Waals surface area contributed by atoms with E-state index in [-0.39, 0.29) is 6.04 Å². The average Bonchev–Trinajstić information content (AvgIpc) is 2.84. The van der Waals surface area contributed by atoms with Gasteiger partial charge < -0.3 is 14.2 Å². The van der Waals surface area contributed by atoms with Crippen LogP contribution in [0.3, 0.4) is 0 Å². The fourth-order valence-corrected chi connectivity index (χ4v) is 1.76. The molecule has 86 valence electrons. The molecule has 0 fully saturated rings. The molecule has 2 aromatic heterocycles. The van der Waals surface area contributed by atoms with Gasteiger partial charge in [0.05, 0.1) is 12.3 Å². The van der Waals surface area contributed by atoms with Crippen LogP contribution in [0.15, 0.2) is 33.3 Å². The highest BCUT2D eigenvalue weighted by Crippen LogP contribution is 2.16. The normalized spacial score (nSPS) is 12.9. The Balaban J connectivity index is 1.95. The molecule has 2 aromatic rings. The first-order chi connectivity index (χ1) is 7.66. The molecule has 2 heterocycles. The molecule has 1 N–H and O–H groups in total. The second kappa shape index (κ2) is 4.58.